The summed E-state index contributed by atoms with van der Waals surface area (Å²) in [4.78, 5) is 40.8. The van der Waals surface area contributed by atoms with Crippen molar-refractivity contribution in [1.82, 2.24) is 5.32 Å². The van der Waals surface area contributed by atoms with E-state index in [0.29, 0.717) is 11.3 Å². The van der Waals surface area contributed by atoms with Crippen LogP contribution in [-0.4, -0.2) is 35.5 Å². The molecule has 2 N–H and O–H groups in total. The van der Waals surface area contributed by atoms with Gasteiger partial charge in [-0.05, 0) is 54.3 Å². The Morgan fingerprint density at radius 2 is 1.88 bits per heavy atom. The number of anilines is 1. The second-order valence-corrected chi connectivity index (χ2v) is 8.76. The maximum absolute atomic E-state index is 13.6. The van der Waals surface area contributed by atoms with Gasteiger partial charge in [-0.3, -0.25) is 19.7 Å². The number of carbonyl (C=O) groups excluding carboxylic acids is 2. The summed E-state index contributed by atoms with van der Waals surface area (Å²) in [5.74, 6) is -4.27. The Labute approximate surface area is 185 Å². The maximum atomic E-state index is 13.6. The fourth-order valence-electron chi connectivity index (χ4n) is 5.08. The summed E-state index contributed by atoms with van der Waals surface area (Å²) >= 11 is 0. The minimum atomic E-state index is -1.62. The Hall–Kier alpha value is -3.26. The van der Waals surface area contributed by atoms with Gasteiger partial charge in [0.2, 0.25) is 11.8 Å². The van der Waals surface area contributed by atoms with Gasteiger partial charge in [0.05, 0.1) is 24.6 Å². The number of methoxy groups -OCH3 is 1. The standard InChI is InChI=1S/C24H25FN2O5/c1-13(2)12-24(23(30)31)19-18(20(26-24)14-5-4-6-17(11-14)32-3)21(28)27(22(19)29)16-9-7-15(25)8-10-16/h4-11,13,18-20,26H,12H2,1-3H3,(H,30,31). The van der Waals surface area contributed by atoms with E-state index < -0.39 is 47.0 Å². The number of carboxylic acid groups (broad SMARTS) is 1. The summed E-state index contributed by atoms with van der Waals surface area (Å²) in [6.45, 7) is 3.75. The van der Waals surface area contributed by atoms with Crippen molar-refractivity contribution in [3.05, 3.63) is 59.9 Å². The molecule has 2 aromatic carbocycles. The molecule has 0 spiro atoms. The topological polar surface area (TPSA) is 95.9 Å². The summed E-state index contributed by atoms with van der Waals surface area (Å²) in [5.41, 5.74) is -0.731. The highest BCUT2D eigenvalue weighted by Gasteiger charge is 2.68. The third-order valence-corrected chi connectivity index (χ3v) is 6.30. The van der Waals surface area contributed by atoms with Crippen LogP contribution in [0.3, 0.4) is 0 Å². The van der Waals surface area contributed by atoms with Crippen LogP contribution >= 0.6 is 0 Å². The lowest BCUT2D eigenvalue weighted by molar-refractivity contribution is -0.149. The number of nitrogens with zero attached hydrogens (tertiary/aromatic N) is 1. The number of benzene rings is 2. The molecule has 32 heavy (non-hydrogen) atoms. The highest BCUT2D eigenvalue weighted by Crippen LogP contribution is 2.52. The van der Waals surface area contributed by atoms with Gasteiger partial charge in [-0.25, -0.2) is 9.29 Å². The van der Waals surface area contributed by atoms with Crippen LogP contribution in [0.2, 0.25) is 0 Å². The van der Waals surface area contributed by atoms with Crippen molar-refractivity contribution in [3.8, 4) is 5.75 Å². The molecule has 2 saturated heterocycles. The van der Waals surface area contributed by atoms with E-state index in [1.807, 2.05) is 13.8 Å². The number of nitrogens with one attached hydrogen (secondary N) is 1. The van der Waals surface area contributed by atoms with Crippen LogP contribution in [0.15, 0.2) is 48.5 Å². The largest absolute Gasteiger partial charge is 0.497 e. The molecule has 0 radical (unpaired) electrons. The highest BCUT2D eigenvalue weighted by atomic mass is 19.1. The second-order valence-electron chi connectivity index (χ2n) is 8.76. The lowest BCUT2D eigenvalue weighted by Crippen LogP contribution is -2.56. The monoisotopic (exact) mass is 440 g/mol. The van der Waals surface area contributed by atoms with Gasteiger partial charge in [-0.2, -0.15) is 0 Å². The van der Waals surface area contributed by atoms with E-state index in [2.05, 4.69) is 5.32 Å². The number of ether oxygens (including phenoxy) is 1. The highest BCUT2D eigenvalue weighted by molar-refractivity contribution is 6.24. The van der Waals surface area contributed by atoms with Gasteiger partial charge in [0.1, 0.15) is 17.1 Å². The Bertz CT molecular complexity index is 1070. The van der Waals surface area contributed by atoms with E-state index in [1.165, 1.54) is 31.4 Å². The van der Waals surface area contributed by atoms with Crippen LogP contribution in [-0.2, 0) is 14.4 Å². The van der Waals surface area contributed by atoms with E-state index in [0.717, 1.165) is 4.90 Å². The Balaban J connectivity index is 1.86. The molecule has 2 heterocycles. The van der Waals surface area contributed by atoms with Gasteiger partial charge < -0.3 is 9.84 Å². The summed E-state index contributed by atoms with van der Waals surface area (Å²) < 4.78 is 18.7. The quantitative estimate of drug-likeness (QED) is 0.670. The number of imide groups is 1. The molecule has 0 aromatic heterocycles. The van der Waals surface area contributed by atoms with Crippen LogP contribution in [0, 0.1) is 23.6 Å². The van der Waals surface area contributed by atoms with Crippen LogP contribution < -0.4 is 15.0 Å². The molecular weight excluding hydrogens is 415 g/mol. The van der Waals surface area contributed by atoms with Crippen LogP contribution in [0.4, 0.5) is 10.1 Å². The molecule has 2 aliphatic rings. The van der Waals surface area contributed by atoms with Crippen molar-refractivity contribution < 1.29 is 28.6 Å². The van der Waals surface area contributed by atoms with Crippen molar-refractivity contribution in [2.75, 3.05) is 12.0 Å². The van der Waals surface area contributed by atoms with Crippen molar-refractivity contribution >= 4 is 23.5 Å². The summed E-state index contributed by atoms with van der Waals surface area (Å²) in [6.07, 6.45) is 0.167. The van der Waals surface area contributed by atoms with Crippen molar-refractivity contribution in [1.29, 1.82) is 0 Å². The van der Waals surface area contributed by atoms with Crippen molar-refractivity contribution in [2.24, 2.45) is 17.8 Å². The number of fused-ring (bicyclic) bond motifs is 1. The molecular formula is C24H25FN2O5. The first-order chi connectivity index (χ1) is 15.2. The zero-order valence-electron chi connectivity index (χ0n) is 18.0. The SMILES string of the molecule is COc1cccc(C2NC(CC(C)C)(C(=O)O)C3C(=O)N(c4ccc(F)cc4)C(=O)C23)c1. The third-order valence-electron chi connectivity index (χ3n) is 6.30. The predicted molar refractivity (Wildman–Crippen MR) is 115 cm³/mol. The Morgan fingerprint density at radius 3 is 2.47 bits per heavy atom. The van der Waals surface area contributed by atoms with Gasteiger partial charge in [-0.15, -0.1) is 0 Å². The summed E-state index contributed by atoms with van der Waals surface area (Å²) in [6, 6.07) is 11.4. The number of hydrogen-bond donors (Lipinski definition) is 2. The van der Waals surface area contributed by atoms with E-state index in [9.17, 15) is 23.9 Å². The average molecular weight is 440 g/mol. The first-order valence-corrected chi connectivity index (χ1v) is 10.5. The van der Waals surface area contributed by atoms with Crippen molar-refractivity contribution in [3.63, 3.8) is 0 Å². The summed E-state index contributed by atoms with van der Waals surface area (Å²) in [5, 5.41) is 13.5. The molecule has 2 fully saturated rings. The number of amides is 2. The van der Waals surface area contributed by atoms with Crippen LogP contribution in [0.1, 0.15) is 31.9 Å². The lowest BCUT2D eigenvalue weighted by Gasteiger charge is -2.32. The van der Waals surface area contributed by atoms with Crippen LogP contribution in [0.5, 0.6) is 5.75 Å². The molecule has 2 aliphatic heterocycles. The molecule has 0 bridgehead atoms. The van der Waals surface area contributed by atoms with E-state index in [4.69, 9.17) is 4.74 Å². The number of rotatable bonds is 6. The van der Waals surface area contributed by atoms with E-state index in [1.54, 1.807) is 24.3 Å². The van der Waals surface area contributed by atoms with E-state index >= 15 is 0 Å². The molecule has 2 amide bonds. The van der Waals surface area contributed by atoms with Crippen molar-refractivity contribution in [2.45, 2.75) is 31.8 Å². The molecule has 2 aromatic rings. The number of aliphatic carboxylic acids is 1. The number of hydrogen-bond acceptors (Lipinski definition) is 5. The van der Waals surface area contributed by atoms with Gasteiger partial charge in [0.25, 0.3) is 0 Å². The molecule has 0 aliphatic carbocycles. The molecule has 8 heteroatoms. The van der Waals surface area contributed by atoms with Gasteiger partial charge in [-0.1, -0.05) is 26.0 Å². The minimum Gasteiger partial charge on any atom is -0.497 e. The molecule has 0 saturated carbocycles. The van der Waals surface area contributed by atoms with Crippen LogP contribution in [0.25, 0.3) is 0 Å². The van der Waals surface area contributed by atoms with E-state index in [-0.39, 0.29) is 18.0 Å². The maximum Gasteiger partial charge on any atom is 0.324 e. The summed E-state index contributed by atoms with van der Waals surface area (Å²) in [7, 11) is 1.52. The number of carbonyl (C=O) groups is 3. The zero-order valence-corrected chi connectivity index (χ0v) is 18.0. The molecule has 4 rings (SSSR count). The normalized spacial score (nSPS) is 27.2. The zero-order chi connectivity index (χ0) is 23.2. The van der Waals surface area contributed by atoms with Gasteiger partial charge in [0.15, 0.2) is 0 Å². The van der Waals surface area contributed by atoms with Gasteiger partial charge in [0, 0.05) is 6.04 Å². The molecule has 7 nitrogen and oxygen atoms in total. The number of carboxylic acids is 1. The number of halogens is 1. The third kappa shape index (κ3) is 3.35. The smallest absolute Gasteiger partial charge is 0.324 e. The molecule has 4 unspecified atom stereocenters. The first kappa shape index (κ1) is 22.0. The fourth-order valence-corrected chi connectivity index (χ4v) is 5.08. The second kappa shape index (κ2) is 8.02. The predicted octanol–water partition coefficient (Wildman–Crippen LogP) is 3.15. The average Bonchev–Trinajstić information content (AvgIpc) is 3.23. The Kier molecular flexibility index (Phi) is 5.50. The fraction of sp³-hybridized carbons (Fsp3) is 0.375. The minimum absolute atomic E-state index is 0.0499. The molecule has 4 atom stereocenters. The first-order valence-electron chi connectivity index (χ1n) is 10.5. The lowest BCUT2D eigenvalue weighted by atomic mass is 9.75. The molecule has 168 valence electrons. The Morgan fingerprint density at radius 1 is 1.19 bits per heavy atom. The van der Waals surface area contributed by atoms with Gasteiger partial charge >= 0.3 is 5.97 Å².